The number of rotatable bonds is 7. The van der Waals surface area contributed by atoms with Gasteiger partial charge in [0.25, 0.3) is 0 Å². The molecular formula is C15H24O2. The molecule has 1 unspecified atom stereocenters. The quantitative estimate of drug-likeness (QED) is 0.765. The lowest BCUT2D eigenvalue weighted by Gasteiger charge is -2.16. The van der Waals surface area contributed by atoms with Crippen LogP contribution in [0.2, 0.25) is 0 Å². The lowest BCUT2D eigenvalue weighted by Crippen LogP contribution is -2.11. The topological polar surface area (TPSA) is 29.5 Å². The first-order chi connectivity index (χ1) is 8.17. The number of unbranched alkanes of at least 4 members (excludes halogenated alkanes) is 1. The zero-order chi connectivity index (χ0) is 12.7. The molecule has 1 aromatic carbocycles. The van der Waals surface area contributed by atoms with Crippen molar-refractivity contribution in [2.24, 2.45) is 5.92 Å². The highest BCUT2D eigenvalue weighted by atomic mass is 16.5. The van der Waals surface area contributed by atoms with Crippen molar-refractivity contribution >= 4 is 0 Å². The number of aryl methyl sites for hydroxylation is 1. The van der Waals surface area contributed by atoms with Crippen molar-refractivity contribution in [3.05, 3.63) is 23.8 Å². The number of phenolic OH excluding ortho intramolecular Hbond substituents is 1. The van der Waals surface area contributed by atoms with Crippen LogP contribution in [0, 0.1) is 12.8 Å². The molecule has 1 N–H and O–H groups in total. The van der Waals surface area contributed by atoms with Crippen molar-refractivity contribution in [2.45, 2.75) is 46.5 Å². The molecule has 0 aromatic heterocycles. The van der Waals surface area contributed by atoms with Gasteiger partial charge in [-0.15, -0.1) is 0 Å². The molecule has 0 saturated carbocycles. The fourth-order valence-electron chi connectivity index (χ4n) is 1.83. The molecule has 2 nitrogen and oxygen atoms in total. The molecule has 0 saturated heterocycles. The van der Waals surface area contributed by atoms with Gasteiger partial charge in [-0.1, -0.05) is 33.1 Å². The van der Waals surface area contributed by atoms with Crippen molar-refractivity contribution in [2.75, 3.05) is 6.61 Å². The van der Waals surface area contributed by atoms with Crippen LogP contribution >= 0.6 is 0 Å². The van der Waals surface area contributed by atoms with Gasteiger partial charge in [0.05, 0.1) is 6.61 Å². The molecule has 0 fully saturated rings. The van der Waals surface area contributed by atoms with E-state index in [-0.39, 0.29) is 0 Å². The predicted molar refractivity (Wildman–Crippen MR) is 71.6 cm³/mol. The lowest BCUT2D eigenvalue weighted by molar-refractivity contribution is 0.233. The summed E-state index contributed by atoms with van der Waals surface area (Å²) in [6.45, 7) is 7.10. The molecule has 0 aliphatic heterocycles. The molecule has 0 aliphatic rings. The number of benzene rings is 1. The Hall–Kier alpha value is -1.18. The van der Waals surface area contributed by atoms with E-state index in [0.717, 1.165) is 24.3 Å². The molecular weight excluding hydrogens is 212 g/mol. The van der Waals surface area contributed by atoms with Gasteiger partial charge in [0.15, 0.2) is 0 Å². The Morgan fingerprint density at radius 3 is 2.65 bits per heavy atom. The van der Waals surface area contributed by atoms with Gasteiger partial charge in [-0.25, -0.2) is 0 Å². The van der Waals surface area contributed by atoms with Crippen molar-refractivity contribution in [1.29, 1.82) is 0 Å². The van der Waals surface area contributed by atoms with Crippen LogP contribution in [0.15, 0.2) is 18.2 Å². The molecule has 2 heteroatoms. The minimum absolute atomic E-state index is 0.329. The Kier molecular flexibility index (Phi) is 5.88. The van der Waals surface area contributed by atoms with E-state index < -0.39 is 0 Å². The average Bonchev–Trinajstić information content (AvgIpc) is 2.34. The third-order valence-corrected chi connectivity index (χ3v) is 3.20. The summed E-state index contributed by atoms with van der Waals surface area (Å²) in [7, 11) is 0. The van der Waals surface area contributed by atoms with E-state index in [9.17, 15) is 5.11 Å². The first kappa shape index (κ1) is 13.9. The molecule has 0 amide bonds. The van der Waals surface area contributed by atoms with Gasteiger partial charge in [-0.2, -0.15) is 0 Å². The molecule has 1 aromatic rings. The van der Waals surface area contributed by atoms with Crippen molar-refractivity contribution in [1.82, 2.24) is 0 Å². The number of ether oxygens (including phenoxy) is 1. The third-order valence-electron chi connectivity index (χ3n) is 3.20. The van der Waals surface area contributed by atoms with Gasteiger partial charge in [-0.3, -0.25) is 0 Å². The maximum atomic E-state index is 9.43. The van der Waals surface area contributed by atoms with Crippen LogP contribution in [-0.4, -0.2) is 11.7 Å². The third kappa shape index (κ3) is 4.68. The van der Waals surface area contributed by atoms with E-state index in [1.54, 1.807) is 6.07 Å². The zero-order valence-corrected chi connectivity index (χ0v) is 11.2. The van der Waals surface area contributed by atoms with Gasteiger partial charge < -0.3 is 9.84 Å². The highest BCUT2D eigenvalue weighted by Gasteiger charge is 2.07. The van der Waals surface area contributed by atoms with Crippen LogP contribution in [-0.2, 0) is 0 Å². The summed E-state index contributed by atoms with van der Waals surface area (Å²) in [6, 6.07) is 5.41. The Bertz CT molecular complexity index is 334. The second kappa shape index (κ2) is 7.21. The summed E-state index contributed by atoms with van der Waals surface area (Å²) in [5.41, 5.74) is 0.865. The Morgan fingerprint density at radius 1 is 1.29 bits per heavy atom. The van der Waals surface area contributed by atoms with Crippen molar-refractivity contribution < 1.29 is 9.84 Å². The lowest BCUT2D eigenvalue weighted by atomic mass is 10.0. The van der Waals surface area contributed by atoms with Gasteiger partial charge >= 0.3 is 0 Å². The number of phenols is 1. The highest BCUT2D eigenvalue weighted by molar-refractivity contribution is 5.38. The van der Waals surface area contributed by atoms with Crippen LogP contribution in [0.25, 0.3) is 0 Å². The standard InChI is InChI=1S/C15H24O2/c1-4-6-7-13(5-2)11-17-14-8-9-15(16)12(3)10-14/h8-10,13,16H,4-7,11H2,1-3H3. The first-order valence-electron chi connectivity index (χ1n) is 6.59. The minimum atomic E-state index is 0.329. The van der Waals surface area contributed by atoms with Gasteiger partial charge in [0, 0.05) is 0 Å². The second-order valence-electron chi connectivity index (χ2n) is 4.68. The van der Waals surface area contributed by atoms with Gasteiger partial charge in [-0.05, 0) is 43.0 Å². The van der Waals surface area contributed by atoms with Crippen molar-refractivity contribution in [3.63, 3.8) is 0 Å². The SMILES string of the molecule is CCCCC(CC)COc1ccc(O)c(C)c1. The molecule has 17 heavy (non-hydrogen) atoms. The number of hydrogen-bond donors (Lipinski definition) is 1. The molecule has 1 rings (SSSR count). The van der Waals surface area contributed by atoms with E-state index in [4.69, 9.17) is 4.74 Å². The largest absolute Gasteiger partial charge is 0.508 e. The van der Waals surface area contributed by atoms with Gasteiger partial charge in [0.2, 0.25) is 0 Å². The highest BCUT2D eigenvalue weighted by Crippen LogP contribution is 2.23. The summed E-state index contributed by atoms with van der Waals surface area (Å²) >= 11 is 0. The smallest absolute Gasteiger partial charge is 0.119 e. The van der Waals surface area contributed by atoms with Gasteiger partial charge in [0.1, 0.15) is 11.5 Å². The molecule has 0 aliphatic carbocycles. The number of hydrogen-bond acceptors (Lipinski definition) is 2. The molecule has 0 bridgehead atoms. The number of aromatic hydroxyl groups is 1. The van der Waals surface area contributed by atoms with Crippen LogP contribution in [0.1, 0.15) is 45.1 Å². The van der Waals surface area contributed by atoms with E-state index in [1.165, 1.54) is 19.3 Å². The Morgan fingerprint density at radius 2 is 2.06 bits per heavy atom. The summed E-state index contributed by atoms with van der Waals surface area (Å²) in [4.78, 5) is 0. The van der Waals surface area contributed by atoms with Crippen LogP contribution < -0.4 is 4.74 Å². The summed E-state index contributed by atoms with van der Waals surface area (Å²) in [6.07, 6.45) is 4.92. The first-order valence-corrected chi connectivity index (χ1v) is 6.59. The molecule has 0 heterocycles. The molecule has 0 spiro atoms. The predicted octanol–water partition coefficient (Wildman–Crippen LogP) is 4.30. The van der Waals surface area contributed by atoms with E-state index in [1.807, 2.05) is 19.1 Å². The van der Waals surface area contributed by atoms with E-state index in [0.29, 0.717) is 11.7 Å². The molecule has 96 valence electrons. The summed E-state index contributed by atoms with van der Waals surface area (Å²) in [5.74, 6) is 1.83. The average molecular weight is 236 g/mol. The zero-order valence-electron chi connectivity index (χ0n) is 11.2. The summed E-state index contributed by atoms with van der Waals surface area (Å²) < 4.78 is 5.78. The van der Waals surface area contributed by atoms with Crippen LogP contribution in [0.3, 0.4) is 0 Å². The molecule has 1 atom stereocenters. The Balaban J connectivity index is 2.45. The maximum absolute atomic E-state index is 9.43. The fraction of sp³-hybridized carbons (Fsp3) is 0.600. The second-order valence-corrected chi connectivity index (χ2v) is 4.68. The van der Waals surface area contributed by atoms with Crippen LogP contribution in [0.4, 0.5) is 0 Å². The van der Waals surface area contributed by atoms with Crippen LogP contribution in [0.5, 0.6) is 11.5 Å². The van der Waals surface area contributed by atoms with Crippen molar-refractivity contribution in [3.8, 4) is 11.5 Å². The van der Waals surface area contributed by atoms with E-state index >= 15 is 0 Å². The normalized spacial score (nSPS) is 12.4. The fourth-order valence-corrected chi connectivity index (χ4v) is 1.83. The molecule has 0 radical (unpaired) electrons. The van der Waals surface area contributed by atoms with E-state index in [2.05, 4.69) is 13.8 Å². The monoisotopic (exact) mass is 236 g/mol. The maximum Gasteiger partial charge on any atom is 0.119 e. The summed E-state index contributed by atoms with van der Waals surface area (Å²) in [5, 5.41) is 9.43. The Labute approximate surface area is 105 Å². The minimum Gasteiger partial charge on any atom is -0.508 e.